The number of rotatable bonds is 7. The van der Waals surface area contributed by atoms with Gasteiger partial charge >= 0.3 is 5.97 Å². The SMILES string of the molecule is C=CCNC(=O)COc1c(Cl)cc(Cl)cc1/C=C/C(=O)O. The van der Waals surface area contributed by atoms with E-state index in [0.29, 0.717) is 17.1 Å². The third-order valence-corrected chi connectivity index (χ3v) is 2.73. The zero-order valence-corrected chi connectivity index (χ0v) is 12.4. The third-order valence-electron chi connectivity index (χ3n) is 2.23. The molecule has 0 heterocycles. The summed E-state index contributed by atoms with van der Waals surface area (Å²) in [7, 11) is 0. The number of nitrogens with one attached hydrogen (secondary N) is 1. The van der Waals surface area contributed by atoms with E-state index in [1.165, 1.54) is 24.3 Å². The second kappa shape index (κ2) is 8.34. The molecule has 21 heavy (non-hydrogen) atoms. The number of carbonyl (C=O) groups excluding carboxylic acids is 1. The maximum Gasteiger partial charge on any atom is 0.328 e. The van der Waals surface area contributed by atoms with Crippen molar-refractivity contribution in [3.8, 4) is 5.75 Å². The maximum atomic E-state index is 11.5. The van der Waals surface area contributed by atoms with Gasteiger partial charge < -0.3 is 15.2 Å². The molecule has 0 saturated heterocycles. The van der Waals surface area contributed by atoms with Crippen LogP contribution in [0.5, 0.6) is 5.75 Å². The van der Waals surface area contributed by atoms with Crippen molar-refractivity contribution >= 4 is 41.2 Å². The highest BCUT2D eigenvalue weighted by Crippen LogP contribution is 2.33. The zero-order chi connectivity index (χ0) is 15.8. The molecule has 1 rings (SSSR count). The summed E-state index contributed by atoms with van der Waals surface area (Å²) in [6.45, 7) is 3.53. The molecule has 0 aliphatic carbocycles. The van der Waals surface area contributed by atoms with Crippen LogP contribution in [-0.4, -0.2) is 30.1 Å². The highest BCUT2D eigenvalue weighted by atomic mass is 35.5. The average molecular weight is 330 g/mol. The first kappa shape index (κ1) is 17.1. The third kappa shape index (κ3) is 5.89. The van der Waals surface area contributed by atoms with Gasteiger partial charge in [0.25, 0.3) is 5.91 Å². The average Bonchev–Trinajstić information content (AvgIpc) is 2.41. The second-order valence-electron chi connectivity index (χ2n) is 3.86. The Labute approximate surface area is 131 Å². The number of carboxylic acid groups (broad SMARTS) is 1. The van der Waals surface area contributed by atoms with Gasteiger partial charge in [0.15, 0.2) is 6.61 Å². The number of hydrogen-bond donors (Lipinski definition) is 2. The number of halogens is 2. The number of carboxylic acids is 1. The van der Waals surface area contributed by atoms with Crippen LogP contribution >= 0.6 is 23.2 Å². The van der Waals surface area contributed by atoms with Crippen molar-refractivity contribution in [2.75, 3.05) is 13.2 Å². The summed E-state index contributed by atoms with van der Waals surface area (Å²) in [6, 6.07) is 2.93. The van der Waals surface area contributed by atoms with Gasteiger partial charge in [-0.1, -0.05) is 29.3 Å². The minimum absolute atomic E-state index is 0.184. The summed E-state index contributed by atoms with van der Waals surface area (Å²) in [6.07, 6.45) is 3.75. The molecule has 2 N–H and O–H groups in total. The minimum atomic E-state index is -1.12. The fraction of sp³-hybridized carbons (Fsp3) is 0.143. The summed E-state index contributed by atoms with van der Waals surface area (Å²) in [4.78, 5) is 22.0. The molecule has 0 bridgehead atoms. The standard InChI is InChI=1S/C14H13Cl2NO4/c1-2-5-17-12(18)8-21-14-9(3-4-13(19)20)6-10(15)7-11(14)16/h2-4,6-7H,1,5,8H2,(H,17,18)(H,19,20)/b4-3+. The van der Waals surface area contributed by atoms with Crippen LogP contribution in [0.25, 0.3) is 6.08 Å². The van der Waals surface area contributed by atoms with E-state index in [9.17, 15) is 9.59 Å². The minimum Gasteiger partial charge on any atom is -0.482 e. The Morgan fingerprint density at radius 2 is 2.10 bits per heavy atom. The topological polar surface area (TPSA) is 75.6 Å². The Balaban J connectivity index is 2.91. The molecule has 1 aromatic carbocycles. The Hall–Kier alpha value is -1.98. The van der Waals surface area contributed by atoms with E-state index in [4.69, 9.17) is 33.0 Å². The number of ether oxygens (including phenoxy) is 1. The molecule has 1 amide bonds. The molecule has 0 spiro atoms. The van der Waals surface area contributed by atoms with E-state index >= 15 is 0 Å². The Morgan fingerprint density at radius 3 is 2.71 bits per heavy atom. The monoisotopic (exact) mass is 329 g/mol. The van der Waals surface area contributed by atoms with Gasteiger partial charge in [0.1, 0.15) is 5.75 Å². The Bertz CT molecular complexity index is 585. The van der Waals surface area contributed by atoms with E-state index in [1.54, 1.807) is 0 Å². The Morgan fingerprint density at radius 1 is 1.38 bits per heavy atom. The van der Waals surface area contributed by atoms with Crippen LogP contribution in [-0.2, 0) is 9.59 Å². The molecule has 0 fully saturated rings. The summed E-state index contributed by atoms with van der Waals surface area (Å²) in [5.74, 6) is -1.29. The van der Waals surface area contributed by atoms with Gasteiger partial charge in [-0.05, 0) is 18.2 Å². The van der Waals surface area contributed by atoms with Crippen LogP contribution in [0.15, 0.2) is 30.9 Å². The van der Waals surface area contributed by atoms with Crippen LogP contribution in [0.3, 0.4) is 0 Å². The quantitative estimate of drug-likeness (QED) is 0.595. The van der Waals surface area contributed by atoms with Crippen molar-refractivity contribution in [2.24, 2.45) is 0 Å². The first-order valence-corrected chi connectivity index (χ1v) is 6.60. The fourth-order valence-corrected chi connectivity index (χ4v) is 1.96. The molecule has 5 nitrogen and oxygen atoms in total. The largest absolute Gasteiger partial charge is 0.482 e. The van der Waals surface area contributed by atoms with E-state index in [-0.39, 0.29) is 23.3 Å². The van der Waals surface area contributed by atoms with Crippen molar-refractivity contribution < 1.29 is 19.4 Å². The molecule has 0 atom stereocenters. The number of aliphatic carboxylic acids is 1. The van der Waals surface area contributed by atoms with Crippen molar-refractivity contribution in [1.82, 2.24) is 5.32 Å². The lowest BCUT2D eigenvalue weighted by molar-refractivity contribution is -0.131. The van der Waals surface area contributed by atoms with Gasteiger partial charge in [0, 0.05) is 23.2 Å². The lowest BCUT2D eigenvalue weighted by Gasteiger charge is -2.11. The smallest absolute Gasteiger partial charge is 0.328 e. The molecule has 0 aliphatic rings. The molecule has 0 unspecified atom stereocenters. The van der Waals surface area contributed by atoms with Crippen molar-refractivity contribution in [2.45, 2.75) is 0 Å². The molecule has 0 aliphatic heterocycles. The van der Waals surface area contributed by atoms with E-state index in [1.807, 2.05) is 0 Å². The fourth-order valence-electron chi connectivity index (χ4n) is 1.39. The lowest BCUT2D eigenvalue weighted by atomic mass is 10.2. The number of carbonyl (C=O) groups is 2. The van der Waals surface area contributed by atoms with Crippen LogP contribution < -0.4 is 10.1 Å². The van der Waals surface area contributed by atoms with Gasteiger partial charge in [-0.25, -0.2) is 4.79 Å². The Kier molecular flexibility index (Phi) is 6.78. The van der Waals surface area contributed by atoms with Crippen LogP contribution in [0.2, 0.25) is 10.0 Å². The lowest BCUT2D eigenvalue weighted by Crippen LogP contribution is -2.28. The molecule has 0 aromatic heterocycles. The highest BCUT2D eigenvalue weighted by molar-refractivity contribution is 6.36. The molecule has 7 heteroatoms. The molecule has 0 radical (unpaired) electrons. The van der Waals surface area contributed by atoms with E-state index < -0.39 is 5.97 Å². The summed E-state index contributed by atoms with van der Waals surface area (Å²) in [5.41, 5.74) is 0.367. The van der Waals surface area contributed by atoms with Crippen molar-refractivity contribution in [1.29, 1.82) is 0 Å². The van der Waals surface area contributed by atoms with Gasteiger partial charge in [0.05, 0.1) is 5.02 Å². The van der Waals surface area contributed by atoms with Gasteiger partial charge in [-0.15, -0.1) is 6.58 Å². The molecular weight excluding hydrogens is 317 g/mol. The maximum absolute atomic E-state index is 11.5. The molecular formula is C14H13Cl2NO4. The number of hydrogen-bond acceptors (Lipinski definition) is 3. The first-order valence-electron chi connectivity index (χ1n) is 5.84. The van der Waals surface area contributed by atoms with Crippen molar-refractivity contribution in [3.63, 3.8) is 0 Å². The molecule has 0 saturated carbocycles. The number of amides is 1. The van der Waals surface area contributed by atoms with Gasteiger partial charge in [0.2, 0.25) is 0 Å². The van der Waals surface area contributed by atoms with Crippen LogP contribution in [0.1, 0.15) is 5.56 Å². The predicted octanol–water partition coefficient (Wildman–Crippen LogP) is 2.77. The van der Waals surface area contributed by atoms with Gasteiger partial charge in [-0.3, -0.25) is 4.79 Å². The number of benzene rings is 1. The zero-order valence-electron chi connectivity index (χ0n) is 10.9. The van der Waals surface area contributed by atoms with Crippen LogP contribution in [0, 0.1) is 0 Å². The van der Waals surface area contributed by atoms with E-state index in [2.05, 4.69) is 11.9 Å². The van der Waals surface area contributed by atoms with Crippen LogP contribution in [0.4, 0.5) is 0 Å². The highest BCUT2D eigenvalue weighted by Gasteiger charge is 2.11. The summed E-state index contributed by atoms with van der Waals surface area (Å²) >= 11 is 11.9. The van der Waals surface area contributed by atoms with Gasteiger partial charge in [-0.2, -0.15) is 0 Å². The molecule has 1 aromatic rings. The predicted molar refractivity (Wildman–Crippen MR) is 81.8 cm³/mol. The second-order valence-corrected chi connectivity index (χ2v) is 4.70. The van der Waals surface area contributed by atoms with E-state index in [0.717, 1.165) is 6.08 Å². The normalized spacial score (nSPS) is 10.4. The summed E-state index contributed by atoms with van der Waals surface area (Å²) < 4.78 is 5.33. The first-order chi connectivity index (χ1) is 9.93. The summed E-state index contributed by atoms with van der Waals surface area (Å²) in [5, 5.41) is 11.7. The molecule has 112 valence electrons. The van der Waals surface area contributed by atoms with Crippen molar-refractivity contribution in [3.05, 3.63) is 46.5 Å².